The van der Waals surface area contributed by atoms with Crippen LogP contribution in [0.5, 0.6) is 0 Å². The standard InChI is InChI=1S/C22H33N5O3/c1-21(2)12-29-20(30-13-21)9-24-8-18(25-23)17-6-5-16(7-19(17)26(3)4)27-10-22(11-27)14-28-15-22/h5-8,20H,9-15,23H2,1-4H3/b24-8?,25-18+. The van der Waals surface area contributed by atoms with Crippen LogP contribution in [0.2, 0.25) is 0 Å². The van der Waals surface area contributed by atoms with Gasteiger partial charge in [-0.3, -0.25) is 4.99 Å². The Morgan fingerprint density at radius 3 is 2.47 bits per heavy atom. The molecule has 0 amide bonds. The van der Waals surface area contributed by atoms with Gasteiger partial charge in [0.2, 0.25) is 0 Å². The summed E-state index contributed by atoms with van der Waals surface area (Å²) in [6, 6.07) is 6.39. The molecule has 3 aliphatic heterocycles. The first-order chi connectivity index (χ1) is 14.3. The van der Waals surface area contributed by atoms with Crippen LogP contribution in [0.3, 0.4) is 0 Å². The molecule has 1 aromatic carbocycles. The molecule has 1 aromatic rings. The quantitative estimate of drug-likeness (QED) is 0.433. The van der Waals surface area contributed by atoms with Gasteiger partial charge in [-0.1, -0.05) is 13.8 Å². The molecule has 0 aromatic heterocycles. The van der Waals surface area contributed by atoms with E-state index in [2.05, 4.69) is 51.9 Å². The number of hydrazone groups is 1. The van der Waals surface area contributed by atoms with E-state index in [-0.39, 0.29) is 11.7 Å². The molecule has 3 aliphatic rings. The lowest BCUT2D eigenvalue weighted by Crippen LogP contribution is -2.66. The molecule has 30 heavy (non-hydrogen) atoms. The largest absolute Gasteiger partial charge is 0.380 e. The summed E-state index contributed by atoms with van der Waals surface area (Å²) in [5.41, 5.74) is 4.28. The highest BCUT2D eigenvalue weighted by atomic mass is 16.7. The molecule has 0 radical (unpaired) electrons. The summed E-state index contributed by atoms with van der Waals surface area (Å²) < 4.78 is 16.9. The van der Waals surface area contributed by atoms with Gasteiger partial charge in [-0.25, -0.2) is 0 Å². The number of hydrogen-bond acceptors (Lipinski definition) is 8. The zero-order chi connectivity index (χ0) is 21.4. The van der Waals surface area contributed by atoms with E-state index < -0.39 is 0 Å². The Morgan fingerprint density at radius 1 is 1.20 bits per heavy atom. The summed E-state index contributed by atoms with van der Waals surface area (Å²) in [5.74, 6) is 5.72. The summed E-state index contributed by atoms with van der Waals surface area (Å²) in [6.07, 6.45) is 1.39. The first-order valence-electron chi connectivity index (χ1n) is 10.5. The monoisotopic (exact) mass is 415 g/mol. The summed E-state index contributed by atoms with van der Waals surface area (Å²) in [7, 11) is 4.05. The van der Waals surface area contributed by atoms with Crippen LogP contribution in [0, 0.1) is 10.8 Å². The van der Waals surface area contributed by atoms with Crippen molar-refractivity contribution in [1.29, 1.82) is 0 Å². The summed E-state index contributed by atoms with van der Waals surface area (Å²) in [5, 5.41) is 3.99. The lowest BCUT2D eigenvalue weighted by molar-refractivity contribution is -0.215. The predicted molar refractivity (Wildman–Crippen MR) is 120 cm³/mol. The van der Waals surface area contributed by atoms with E-state index in [4.69, 9.17) is 20.1 Å². The highest BCUT2D eigenvalue weighted by molar-refractivity contribution is 6.39. The molecule has 4 rings (SSSR count). The van der Waals surface area contributed by atoms with Crippen molar-refractivity contribution in [2.24, 2.45) is 26.8 Å². The van der Waals surface area contributed by atoms with Gasteiger partial charge >= 0.3 is 0 Å². The third-order valence-electron chi connectivity index (χ3n) is 5.90. The normalized spacial score (nSPS) is 23.5. The van der Waals surface area contributed by atoms with Gasteiger partial charge in [0.05, 0.1) is 38.4 Å². The summed E-state index contributed by atoms with van der Waals surface area (Å²) in [6.45, 7) is 9.87. The van der Waals surface area contributed by atoms with E-state index >= 15 is 0 Å². The Labute approximate surface area is 178 Å². The number of aliphatic imine (C=N–C) groups is 1. The van der Waals surface area contributed by atoms with Gasteiger partial charge in [0.1, 0.15) is 5.71 Å². The number of nitrogens with two attached hydrogens (primary N) is 1. The molecule has 0 unspecified atom stereocenters. The maximum absolute atomic E-state index is 5.74. The molecule has 3 heterocycles. The molecule has 2 N–H and O–H groups in total. The molecular formula is C22H33N5O3. The van der Waals surface area contributed by atoms with Crippen LogP contribution in [0.4, 0.5) is 11.4 Å². The van der Waals surface area contributed by atoms with Gasteiger partial charge in [-0.15, -0.1) is 0 Å². The predicted octanol–water partition coefficient (Wildman–Crippen LogP) is 1.72. The third kappa shape index (κ3) is 4.31. The molecule has 0 bridgehead atoms. The number of anilines is 2. The maximum atomic E-state index is 5.74. The van der Waals surface area contributed by atoms with Crippen LogP contribution in [0.15, 0.2) is 28.3 Å². The van der Waals surface area contributed by atoms with Crippen LogP contribution < -0.4 is 15.6 Å². The zero-order valence-electron chi connectivity index (χ0n) is 18.4. The zero-order valence-corrected chi connectivity index (χ0v) is 18.4. The molecular weight excluding hydrogens is 382 g/mol. The van der Waals surface area contributed by atoms with Gasteiger partial charge in [-0.05, 0) is 18.2 Å². The second kappa shape index (κ2) is 8.17. The molecule has 0 aliphatic carbocycles. The Morgan fingerprint density at radius 2 is 1.90 bits per heavy atom. The minimum atomic E-state index is -0.321. The van der Waals surface area contributed by atoms with Gasteiger partial charge in [0.15, 0.2) is 6.29 Å². The molecule has 164 valence electrons. The molecule has 0 saturated carbocycles. The Balaban J connectivity index is 1.43. The average Bonchev–Trinajstić information content (AvgIpc) is 2.64. The second-order valence-electron chi connectivity index (χ2n) is 9.67. The van der Waals surface area contributed by atoms with Gasteiger partial charge in [-0.2, -0.15) is 5.10 Å². The van der Waals surface area contributed by atoms with Crippen molar-refractivity contribution in [3.63, 3.8) is 0 Å². The van der Waals surface area contributed by atoms with E-state index in [1.165, 1.54) is 5.69 Å². The molecule has 3 saturated heterocycles. The first-order valence-corrected chi connectivity index (χ1v) is 10.5. The van der Waals surface area contributed by atoms with E-state index in [1.807, 2.05) is 14.1 Å². The maximum Gasteiger partial charge on any atom is 0.176 e. The van der Waals surface area contributed by atoms with E-state index in [0.29, 0.717) is 30.9 Å². The number of nitrogens with zero attached hydrogens (tertiary/aromatic N) is 4. The Kier molecular flexibility index (Phi) is 5.74. The third-order valence-corrected chi connectivity index (χ3v) is 5.90. The van der Waals surface area contributed by atoms with E-state index in [1.54, 1.807) is 6.21 Å². The fraction of sp³-hybridized carbons (Fsp3) is 0.636. The molecule has 1 spiro atoms. The Bertz CT molecular complexity index is 814. The van der Waals surface area contributed by atoms with Crippen LogP contribution in [-0.4, -0.2) is 78.4 Å². The van der Waals surface area contributed by atoms with Crippen LogP contribution in [0.1, 0.15) is 19.4 Å². The van der Waals surface area contributed by atoms with Crippen molar-refractivity contribution in [2.75, 3.05) is 70.0 Å². The van der Waals surface area contributed by atoms with E-state index in [9.17, 15) is 0 Å². The van der Waals surface area contributed by atoms with Crippen LogP contribution in [-0.2, 0) is 14.2 Å². The van der Waals surface area contributed by atoms with Crippen molar-refractivity contribution in [2.45, 2.75) is 20.1 Å². The number of rotatable bonds is 6. The highest BCUT2D eigenvalue weighted by Crippen LogP contribution is 2.41. The topological polar surface area (TPSA) is 84.9 Å². The number of hydrogen-bond donors (Lipinski definition) is 1. The SMILES string of the molecule is CN(C)c1cc(N2CC3(COC3)C2)ccc1/C(C=NCC1OCC(C)(C)CO1)=N/N. The minimum Gasteiger partial charge on any atom is -0.380 e. The number of benzene rings is 1. The Hall–Kier alpha value is -2.16. The van der Waals surface area contributed by atoms with Gasteiger partial charge in [0, 0.05) is 55.8 Å². The molecule has 0 atom stereocenters. The molecule has 3 fully saturated rings. The van der Waals surface area contributed by atoms with Crippen molar-refractivity contribution in [1.82, 2.24) is 0 Å². The minimum absolute atomic E-state index is 0.0498. The number of ether oxygens (including phenoxy) is 3. The summed E-state index contributed by atoms with van der Waals surface area (Å²) >= 11 is 0. The van der Waals surface area contributed by atoms with Gasteiger partial charge in [0.25, 0.3) is 0 Å². The van der Waals surface area contributed by atoms with Crippen LogP contribution in [0.25, 0.3) is 0 Å². The average molecular weight is 416 g/mol. The highest BCUT2D eigenvalue weighted by Gasteiger charge is 2.49. The van der Waals surface area contributed by atoms with Crippen LogP contribution >= 0.6 is 0 Å². The fourth-order valence-electron chi connectivity index (χ4n) is 4.05. The van der Waals surface area contributed by atoms with Crippen molar-refractivity contribution in [3.05, 3.63) is 23.8 Å². The van der Waals surface area contributed by atoms with Crippen molar-refractivity contribution >= 4 is 23.3 Å². The first kappa shape index (κ1) is 21.1. The molecule has 8 nitrogen and oxygen atoms in total. The fourth-order valence-corrected chi connectivity index (χ4v) is 4.05. The summed E-state index contributed by atoms with van der Waals surface area (Å²) in [4.78, 5) is 8.96. The van der Waals surface area contributed by atoms with Gasteiger partial charge < -0.3 is 29.9 Å². The smallest absolute Gasteiger partial charge is 0.176 e. The van der Waals surface area contributed by atoms with Crippen molar-refractivity contribution < 1.29 is 14.2 Å². The van der Waals surface area contributed by atoms with E-state index in [0.717, 1.165) is 37.6 Å². The lowest BCUT2D eigenvalue weighted by atomic mass is 9.77. The van der Waals surface area contributed by atoms with Crippen molar-refractivity contribution in [3.8, 4) is 0 Å². The second-order valence-corrected chi connectivity index (χ2v) is 9.67. The lowest BCUT2D eigenvalue weighted by Gasteiger charge is -2.56. The molecule has 8 heteroatoms.